The molecule has 0 unspecified atom stereocenters. The van der Waals surface area contributed by atoms with Crippen LogP contribution < -0.4 is 9.73 Å². The van der Waals surface area contributed by atoms with Crippen LogP contribution in [-0.2, 0) is 14.8 Å². The lowest BCUT2D eigenvalue weighted by molar-refractivity contribution is -0.119. The van der Waals surface area contributed by atoms with Gasteiger partial charge in [-0.15, -0.1) is 0 Å². The van der Waals surface area contributed by atoms with Crippen LogP contribution >= 0.6 is 0 Å². The molecule has 1 aromatic rings. The van der Waals surface area contributed by atoms with Crippen LogP contribution in [0.1, 0.15) is 18.4 Å². The molecular formula is C16H24N4O3S. The van der Waals surface area contributed by atoms with Crippen LogP contribution in [0, 0.1) is 6.92 Å². The quantitative estimate of drug-likeness (QED) is 0.800. The van der Waals surface area contributed by atoms with Crippen molar-refractivity contribution in [2.75, 3.05) is 37.2 Å². The van der Waals surface area contributed by atoms with Crippen molar-refractivity contribution in [1.29, 1.82) is 0 Å². The molecule has 0 radical (unpaired) electrons. The fraction of sp³-hybridized carbons (Fsp3) is 0.500. The summed E-state index contributed by atoms with van der Waals surface area (Å²) >= 11 is 0. The Morgan fingerprint density at radius 3 is 2.50 bits per heavy atom. The first kappa shape index (κ1) is 18.4. The van der Waals surface area contributed by atoms with Gasteiger partial charge in [0, 0.05) is 31.6 Å². The highest BCUT2D eigenvalue weighted by molar-refractivity contribution is 7.92. The summed E-state index contributed by atoms with van der Waals surface area (Å²) in [6.07, 6.45) is 2.71. The van der Waals surface area contributed by atoms with E-state index in [9.17, 15) is 13.2 Å². The number of piperidine rings is 1. The van der Waals surface area contributed by atoms with Crippen LogP contribution in [0.2, 0.25) is 0 Å². The first-order valence-electron chi connectivity index (χ1n) is 7.83. The van der Waals surface area contributed by atoms with E-state index in [0.717, 1.165) is 47.8 Å². The van der Waals surface area contributed by atoms with Crippen LogP contribution in [0.4, 0.5) is 5.69 Å². The minimum atomic E-state index is -3.57. The molecule has 1 aliphatic heterocycles. The zero-order chi connectivity index (χ0) is 17.7. The average molecular weight is 352 g/mol. The number of para-hydroxylation sites is 1. The predicted octanol–water partition coefficient (Wildman–Crippen LogP) is 0.959. The number of amides is 1. The second kappa shape index (κ2) is 7.76. The SMILES string of the molecule is Cc1ccccc1N(CC(=O)NN=C1CCN(C)CC1)S(C)(=O)=O. The second-order valence-electron chi connectivity index (χ2n) is 6.07. The Morgan fingerprint density at radius 1 is 1.29 bits per heavy atom. The normalized spacial score (nSPS) is 15.9. The topological polar surface area (TPSA) is 82.1 Å². The zero-order valence-electron chi connectivity index (χ0n) is 14.3. The second-order valence-corrected chi connectivity index (χ2v) is 7.98. The highest BCUT2D eigenvalue weighted by atomic mass is 32.2. The number of sulfonamides is 1. The maximum atomic E-state index is 12.2. The zero-order valence-corrected chi connectivity index (χ0v) is 15.1. The van der Waals surface area contributed by atoms with Crippen molar-refractivity contribution in [3.8, 4) is 0 Å². The number of carbonyl (C=O) groups is 1. The molecule has 1 N–H and O–H groups in total. The summed E-state index contributed by atoms with van der Waals surface area (Å²) in [6.45, 7) is 3.34. The Hall–Kier alpha value is -1.93. The molecule has 24 heavy (non-hydrogen) atoms. The van der Waals surface area contributed by atoms with Gasteiger partial charge >= 0.3 is 0 Å². The molecule has 1 saturated heterocycles. The van der Waals surface area contributed by atoms with Crippen molar-refractivity contribution in [2.45, 2.75) is 19.8 Å². The molecule has 0 bridgehead atoms. The molecule has 132 valence electrons. The van der Waals surface area contributed by atoms with E-state index in [4.69, 9.17) is 0 Å². The molecule has 1 heterocycles. The number of likely N-dealkylation sites (tertiary alicyclic amines) is 1. The molecule has 7 nitrogen and oxygen atoms in total. The number of carbonyl (C=O) groups excluding carboxylic acids is 1. The number of nitrogens with one attached hydrogen (secondary N) is 1. The number of aryl methyl sites for hydroxylation is 1. The van der Waals surface area contributed by atoms with Crippen molar-refractivity contribution in [3.05, 3.63) is 29.8 Å². The minimum Gasteiger partial charge on any atom is -0.306 e. The number of nitrogens with zero attached hydrogens (tertiary/aromatic N) is 3. The van der Waals surface area contributed by atoms with E-state index >= 15 is 0 Å². The number of hydrogen-bond donors (Lipinski definition) is 1. The highest BCUT2D eigenvalue weighted by Gasteiger charge is 2.22. The Bertz CT molecular complexity index is 721. The monoisotopic (exact) mass is 352 g/mol. The van der Waals surface area contributed by atoms with Crippen molar-refractivity contribution in [2.24, 2.45) is 5.10 Å². The number of hydrogen-bond acceptors (Lipinski definition) is 5. The van der Waals surface area contributed by atoms with E-state index in [-0.39, 0.29) is 6.54 Å². The fourth-order valence-corrected chi connectivity index (χ4v) is 3.43. The summed E-state index contributed by atoms with van der Waals surface area (Å²) in [5.74, 6) is -0.449. The molecule has 1 amide bonds. The van der Waals surface area contributed by atoms with Crippen molar-refractivity contribution < 1.29 is 13.2 Å². The lowest BCUT2D eigenvalue weighted by Crippen LogP contribution is -2.40. The molecule has 1 aliphatic rings. The van der Waals surface area contributed by atoms with E-state index in [0.29, 0.717) is 5.69 Å². The lowest BCUT2D eigenvalue weighted by atomic mass is 10.1. The standard InChI is InChI=1S/C16H24N4O3S/c1-13-6-4-5-7-15(13)20(24(3,22)23)12-16(21)18-17-14-8-10-19(2)11-9-14/h4-7H,8-12H2,1-3H3,(H,18,21). The van der Waals surface area contributed by atoms with Gasteiger partial charge < -0.3 is 4.90 Å². The van der Waals surface area contributed by atoms with Crippen molar-refractivity contribution in [1.82, 2.24) is 10.3 Å². The molecule has 1 fully saturated rings. The van der Waals surface area contributed by atoms with E-state index in [1.165, 1.54) is 0 Å². The average Bonchev–Trinajstić information content (AvgIpc) is 2.52. The van der Waals surface area contributed by atoms with Gasteiger partial charge in [0.05, 0.1) is 11.9 Å². The van der Waals surface area contributed by atoms with E-state index in [1.807, 2.05) is 26.1 Å². The summed E-state index contributed by atoms with van der Waals surface area (Å²) in [7, 11) is -1.53. The van der Waals surface area contributed by atoms with Crippen LogP contribution in [-0.4, -0.2) is 57.9 Å². The van der Waals surface area contributed by atoms with Gasteiger partial charge in [-0.25, -0.2) is 13.8 Å². The van der Waals surface area contributed by atoms with Gasteiger partial charge in [-0.2, -0.15) is 5.10 Å². The number of rotatable bonds is 5. The molecule has 0 aromatic heterocycles. The van der Waals surface area contributed by atoms with Gasteiger partial charge in [-0.1, -0.05) is 18.2 Å². The highest BCUT2D eigenvalue weighted by Crippen LogP contribution is 2.21. The first-order valence-corrected chi connectivity index (χ1v) is 9.68. The Labute approximate surface area is 143 Å². The van der Waals surface area contributed by atoms with Crippen LogP contribution in [0.3, 0.4) is 0 Å². The summed E-state index contributed by atoms with van der Waals surface area (Å²) in [4.78, 5) is 14.4. The van der Waals surface area contributed by atoms with Crippen molar-refractivity contribution >= 4 is 27.3 Å². The van der Waals surface area contributed by atoms with Gasteiger partial charge in [-0.05, 0) is 25.6 Å². The summed E-state index contributed by atoms with van der Waals surface area (Å²) in [5, 5.41) is 4.14. The van der Waals surface area contributed by atoms with Gasteiger partial charge in [0.1, 0.15) is 6.54 Å². The third-order valence-corrected chi connectivity index (χ3v) is 5.10. The van der Waals surface area contributed by atoms with Crippen molar-refractivity contribution in [3.63, 3.8) is 0 Å². The molecule has 8 heteroatoms. The number of benzene rings is 1. The van der Waals surface area contributed by atoms with E-state index in [1.54, 1.807) is 12.1 Å². The van der Waals surface area contributed by atoms with Crippen LogP contribution in [0.15, 0.2) is 29.4 Å². The van der Waals surface area contributed by atoms with E-state index < -0.39 is 15.9 Å². The predicted molar refractivity (Wildman–Crippen MR) is 95.7 cm³/mol. The molecule has 0 aliphatic carbocycles. The molecule has 2 rings (SSSR count). The molecule has 0 saturated carbocycles. The Morgan fingerprint density at radius 2 is 1.92 bits per heavy atom. The maximum absolute atomic E-state index is 12.2. The van der Waals surface area contributed by atoms with Gasteiger partial charge in [0.2, 0.25) is 10.0 Å². The third-order valence-electron chi connectivity index (χ3n) is 3.97. The first-order chi connectivity index (χ1) is 11.3. The molecule has 0 spiro atoms. The molecule has 1 aromatic carbocycles. The van der Waals surface area contributed by atoms with E-state index in [2.05, 4.69) is 15.4 Å². The Balaban J connectivity index is 2.06. The number of hydrazone groups is 1. The van der Waals surface area contributed by atoms with Crippen LogP contribution in [0.25, 0.3) is 0 Å². The van der Waals surface area contributed by atoms with Gasteiger partial charge in [0.15, 0.2) is 0 Å². The molecule has 0 atom stereocenters. The summed E-state index contributed by atoms with van der Waals surface area (Å²) < 4.78 is 25.2. The minimum absolute atomic E-state index is 0.291. The summed E-state index contributed by atoms with van der Waals surface area (Å²) in [5.41, 5.74) is 4.71. The largest absolute Gasteiger partial charge is 0.306 e. The smallest absolute Gasteiger partial charge is 0.260 e. The summed E-state index contributed by atoms with van der Waals surface area (Å²) in [6, 6.07) is 7.07. The van der Waals surface area contributed by atoms with Crippen LogP contribution in [0.5, 0.6) is 0 Å². The number of anilines is 1. The molecular weight excluding hydrogens is 328 g/mol. The fourth-order valence-electron chi connectivity index (χ4n) is 2.52. The van der Waals surface area contributed by atoms with Gasteiger partial charge in [-0.3, -0.25) is 9.10 Å². The Kier molecular flexibility index (Phi) is 5.95. The third kappa shape index (κ3) is 5.04. The lowest BCUT2D eigenvalue weighted by Gasteiger charge is -2.24. The van der Waals surface area contributed by atoms with Gasteiger partial charge in [0.25, 0.3) is 5.91 Å². The maximum Gasteiger partial charge on any atom is 0.260 e.